The summed E-state index contributed by atoms with van der Waals surface area (Å²) >= 11 is 0. The second-order valence-electron chi connectivity index (χ2n) is 14.1. The van der Waals surface area contributed by atoms with Gasteiger partial charge in [-0.1, -0.05) is 154 Å². The maximum Gasteiger partial charge on any atom is 0.104 e. The molecule has 0 rings (SSSR count). The third-order valence-corrected chi connectivity index (χ3v) is 9.22. The fraction of sp³-hybridized carbons (Fsp3) is 0.909. The monoisotopic (exact) mass is 695 g/mol. The summed E-state index contributed by atoms with van der Waals surface area (Å²) in [5.41, 5.74) is 0. The minimum absolute atomic E-state index is 0.00350. The van der Waals surface area contributed by atoms with Crippen molar-refractivity contribution in [2.45, 2.75) is 200 Å². The highest BCUT2D eigenvalue weighted by Gasteiger charge is 2.10. The Bertz CT molecular complexity index is 637. The van der Waals surface area contributed by atoms with Gasteiger partial charge < -0.3 is 23.7 Å². The van der Waals surface area contributed by atoms with Gasteiger partial charge in [0.1, 0.15) is 6.10 Å². The number of rotatable bonds is 43. The molecule has 0 aromatic heterocycles. The molecule has 0 spiro atoms. The van der Waals surface area contributed by atoms with Crippen LogP contribution in [0.2, 0.25) is 0 Å². The van der Waals surface area contributed by atoms with Crippen LogP contribution in [-0.4, -0.2) is 66.1 Å². The Balaban J connectivity index is 3.82. The van der Waals surface area contributed by atoms with E-state index in [2.05, 4.69) is 38.2 Å². The lowest BCUT2D eigenvalue weighted by Crippen LogP contribution is -2.27. The summed E-state index contributed by atoms with van der Waals surface area (Å²) in [5, 5.41) is 0. The maximum atomic E-state index is 6.21. The average Bonchev–Trinajstić information content (AvgIpc) is 3.11. The van der Waals surface area contributed by atoms with Gasteiger partial charge in [-0.2, -0.15) is 0 Å². The Hall–Kier alpha value is -0.720. The predicted molar refractivity (Wildman–Crippen MR) is 213 cm³/mol. The molecule has 0 aliphatic carbocycles. The maximum absolute atomic E-state index is 6.21. The molecule has 0 N–H and O–H groups in total. The smallest absolute Gasteiger partial charge is 0.104 e. The molecule has 0 saturated heterocycles. The van der Waals surface area contributed by atoms with Crippen molar-refractivity contribution in [3.05, 3.63) is 24.3 Å². The third-order valence-electron chi connectivity index (χ3n) is 9.22. The minimum atomic E-state index is -0.00350. The van der Waals surface area contributed by atoms with Crippen LogP contribution in [0.25, 0.3) is 0 Å². The van der Waals surface area contributed by atoms with Crippen LogP contribution in [0.15, 0.2) is 24.3 Å². The van der Waals surface area contributed by atoms with Crippen molar-refractivity contribution in [3.8, 4) is 0 Å². The number of hydrogen-bond acceptors (Lipinski definition) is 5. The van der Waals surface area contributed by atoms with Gasteiger partial charge in [0, 0.05) is 20.3 Å². The van der Waals surface area contributed by atoms with Crippen molar-refractivity contribution in [3.63, 3.8) is 0 Å². The van der Waals surface area contributed by atoms with Gasteiger partial charge in [-0.25, -0.2) is 0 Å². The second kappa shape index (κ2) is 45.3. The van der Waals surface area contributed by atoms with Crippen molar-refractivity contribution < 1.29 is 23.7 Å². The number of unbranched alkanes of at least 4 members (excludes halogenated alkanes) is 24. The Morgan fingerprint density at radius 2 is 0.694 bits per heavy atom. The molecular formula is C44H86O5. The highest BCUT2D eigenvalue weighted by Crippen LogP contribution is 2.12. The van der Waals surface area contributed by atoms with Crippen molar-refractivity contribution in [2.24, 2.45) is 0 Å². The fourth-order valence-electron chi connectivity index (χ4n) is 5.99. The zero-order valence-electron chi connectivity index (χ0n) is 33.4. The molecule has 0 aliphatic rings. The van der Waals surface area contributed by atoms with E-state index in [-0.39, 0.29) is 6.10 Å². The highest BCUT2D eigenvalue weighted by atomic mass is 16.6. The topological polar surface area (TPSA) is 46.2 Å². The number of allylic oxidation sites excluding steroid dienone is 4. The van der Waals surface area contributed by atoms with Gasteiger partial charge in [0.2, 0.25) is 0 Å². The third kappa shape index (κ3) is 43.4. The molecule has 0 aromatic carbocycles. The van der Waals surface area contributed by atoms with Crippen molar-refractivity contribution in [1.82, 2.24) is 0 Å². The summed E-state index contributed by atoms with van der Waals surface area (Å²) in [6.45, 7) is 9.74. The van der Waals surface area contributed by atoms with E-state index in [1.165, 1.54) is 167 Å². The molecule has 292 valence electrons. The summed E-state index contributed by atoms with van der Waals surface area (Å²) in [6.07, 6.45) is 46.7. The van der Waals surface area contributed by atoms with Gasteiger partial charge in [-0.05, 0) is 64.2 Å². The molecule has 0 bridgehead atoms. The molecule has 0 aliphatic heterocycles. The summed E-state index contributed by atoms with van der Waals surface area (Å²) in [6, 6.07) is 0. The van der Waals surface area contributed by atoms with Gasteiger partial charge in [-0.3, -0.25) is 0 Å². The van der Waals surface area contributed by atoms with Crippen LogP contribution < -0.4 is 0 Å². The molecule has 1 atom stereocenters. The van der Waals surface area contributed by atoms with Crippen molar-refractivity contribution >= 4 is 0 Å². The molecule has 5 heteroatoms. The molecule has 0 fully saturated rings. The van der Waals surface area contributed by atoms with E-state index >= 15 is 0 Å². The lowest BCUT2D eigenvalue weighted by atomic mass is 10.1. The number of ether oxygens (including phenoxy) is 5. The molecular weight excluding hydrogens is 608 g/mol. The molecule has 1 unspecified atom stereocenters. The Kier molecular flexibility index (Phi) is 44.6. The molecule has 0 radical (unpaired) electrons. The van der Waals surface area contributed by atoms with Gasteiger partial charge in [0.15, 0.2) is 0 Å². The van der Waals surface area contributed by atoms with E-state index in [9.17, 15) is 0 Å². The van der Waals surface area contributed by atoms with Crippen LogP contribution in [0.3, 0.4) is 0 Å². The summed E-state index contributed by atoms with van der Waals surface area (Å²) in [7, 11) is 1.69. The Labute approximate surface area is 307 Å². The van der Waals surface area contributed by atoms with Crippen LogP contribution in [0.4, 0.5) is 0 Å². The summed E-state index contributed by atoms with van der Waals surface area (Å²) in [4.78, 5) is 0. The van der Waals surface area contributed by atoms with Crippen LogP contribution >= 0.6 is 0 Å². The standard InChI is InChI=1S/C44H86O5/c1-4-6-8-10-12-14-16-18-20-22-24-26-28-30-32-34-36-47-42-44(43-48-41-40-46-39-38-45-3)49-37-35-33-31-29-27-25-23-21-19-17-15-13-11-9-7-5-2/h18-21,44H,4-17,22-43H2,1-3H3/b20-18-,21-19-. The average molecular weight is 695 g/mol. The van der Waals surface area contributed by atoms with Gasteiger partial charge >= 0.3 is 0 Å². The molecule has 0 aromatic rings. The first kappa shape index (κ1) is 48.3. The lowest BCUT2D eigenvalue weighted by Gasteiger charge is -2.18. The second-order valence-corrected chi connectivity index (χ2v) is 14.1. The molecule has 0 amide bonds. The zero-order chi connectivity index (χ0) is 35.4. The minimum Gasteiger partial charge on any atom is -0.382 e. The molecule has 0 heterocycles. The highest BCUT2D eigenvalue weighted by molar-refractivity contribution is 4.82. The summed E-state index contributed by atoms with van der Waals surface area (Å²) in [5.74, 6) is 0. The van der Waals surface area contributed by atoms with Crippen molar-refractivity contribution in [2.75, 3.05) is 60.0 Å². The zero-order valence-corrected chi connectivity index (χ0v) is 33.4. The SMILES string of the molecule is CCCCCCCC/C=C\CCCCCCCCOCC(COCCOCCOC)OCCCCCCCC/C=C\CCCCCCCC. The van der Waals surface area contributed by atoms with Crippen LogP contribution in [0.5, 0.6) is 0 Å². The number of hydrogen-bond donors (Lipinski definition) is 0. The van der Waals surface area contributed by atoms with Gasteiger partial charge in [0.25, 0.3) is 0 Å². The molecule has 0 saturated carbocycles. The van der Waals surface area contributed by atoms with Crippen LogP contribution in [0, 0.1) is 0 Å². The summed E-state index contributed by atoms with van der Waals surface area (Å²) < 4.78 is 28.7. The first-order valence-corrected chi connectivity index (χ1v) is 21.5. The van der Waals surface area contributed by atoms with E-state index in [0.717, 1.165) is 26.1 Å². The van der Waals surface area contributed by atoms with E-state index < -0.39 is 0 Å². The van der Waals surface area contributed by atoms with Gasteiger partial charge in [-0.15, -0.1) is 0 Å². The van der Waals surface area contributed by atoms with Gasteiger partial charge in [0.05, 0.1) is 39.6 Å². The first-order valence-electron chi connectivity index (χ1n) is 21.5. The quantitative estimate of drug-likeness (QED) is 0.0470. The fourth-order valence-corrected chi connectivity index (χ4v) is 5.99. The van der Waals surface area contributed by atoms with E-state index in [1.54, 1.807) is 7.11 Å². The van der Waals surface area contributed by atoms with E-state index in [4.69, 9.17) is 23.7 Å². The largest absolute Gasteiger partial charge is 0.382 e. The molecule has 5 nitrogen and oxygen atoms in total. The lowest BCUT2D eigenvalue weighted by molar-refractivity contribution is -0.0692. The van der Waals surface area contributed by atoms with Crippen LogP contribution in [-0.2, 0) is 23.7 Å². The van der Waals surface area contributed by atoms with Crippen LogP contribution in [0.1, 0.15) is 194 Å². The normalized spacial score (nSPS) is 12.6. The molecule has 49 heavy (non-hydrogen) atoms. The van der Waals surface area contributed by atoms with E-state index in [0.29, 0.717) is 39.6 Å². The van der Waals surface area contributed by atoms with Crippen molar-refractivity contribution in [1.29, 1.82) is 0 Å². The first-order chi connectivity index (χ1) is 24.3. The Morgan fingerprint density at radius 1 is 0.347 bits per heavy atom. The van der Waals surface area contributed by atoms with E-state index in [1.807, 2.05) is 0 Å². The number of methoxy groups -OCH3 is 1. The predicted octanol–water partition coefficient (Wildman–Crippen LogP) is 13.1. The Morgan fingerprint density at radius 3 is 1.14 bits per heavy atom.